The fraction of sp³-hybridized carbons (Fsp3) is 0.0833. The summed E-state index contributed by atoms with van der Waals surface area (Å²) < 4.78 is 0. The van der Waals surface area contributed by atoms with E-state index in [0.29, 0.717) is 0 Å². The normalized spacial score (nSPS) is 11.5. The van der Waals surface area contributed by atoms with E-state index in [4.69, 9.17) is 0 Å². The van der Waals surface area contributed by atoms with Crippen molar-refractivity contribution < 1.29 is 4.79 Å². The van der Waals surface area contributed by atoms with Crippen molar-refractivity contribution in [3.8, 4) is 0 Å². The van der Waals surface area contributed by atoms with Gasteiger partial charge in [-0.25, -0.2) is 5.43 Å². The number of carbonyl (C=O) groups is 1. The van der Waals surface area contributed by atoms with E-state index in [1.54, 1.807) is 0 Å². The Balaban J connectivity index is 1.45. The van der Waals surface area contributed by atoms with E-state index in [1.807, 2.05) is 61.5 Å². The first-order chi connectivity index (χ1) is 13.7. The van der Waals surface area contributed by atoms with Crippen molar-refractivity contribution >= 4 is 38.9 Å². The molecule has 0 aliphatic heterocycles. The summed E-state index contributed by atoms with van der Waals surface area (Å²) in [6.07, 6.45) is 0. The fourth-order valence-electron chi connectivity index (χ4n) is 3.34. The molecule has 0 heterocycles. The molecule has 4 aromatic carbocycles. The number of anilines is 1. The van der Waals surface area contributed by atoms with E-state index < -0.39 is 0 Å². The number of hydrogen-bond acceptors (Lipinski definition) is 3. The third-order valence-electron chi connectivity index (χ3n) is 4.76. The summed E-state index contributed by atoms with van der Waals surface area (Å²) in [6, 6.07) is 28.3. The number of fused-ring (bicyclic) bond motifs is 2. The summed E-state index contributed by atoms with van der Waals surface area (Å²) in [5.41, 5.74) is 5.37. The minimum atomic E-state index is -0.187. The predicted octanol–water partition coefficient (Wildman–Crippen LogP) is 4.95. The molecule has 0 bridgehead atoms. The van der Waals surface area contributed by atoms with Crippen molar-refractivity contribution in [3.05, 3.63) is 90.5 Å². The zero-order chi connectivity index (χ0) is 19.3. The Kier molecular flexibility index (Phi) is 5.02. The van der Waals surface area contributed by atoms with Crippen LogP contribution in [0, 0.1) is 0 Å². The molecule has 0 spiro atoms. The van der Waals surface area contributed by atoms with Crippen LogP contribution >= 0.6 is 0 Å². The molecule has 4 rings (SSSR count). The first kappa shape index (κ1) is 17.7. The first-order valence-corrected chi connectivity index (χ1v) is 9.25. The summed E-state index contributed by atoms with van der Waals surface area (Å²) >= 11 is 0. The SMILES string of the molecule is C/C(=N/NC(=O)CNc1cccc2ccccc12)c1cccc2ccccc12. The van der Waals surface area contributed by atoms with Crippen molar-refractivity contribution in [2.24, 2.45) is 5.10 Å². The van der Waals surface area contributed by atoms with Gasteiger partial charge in [0.25, 0.3) is 5.91 Å². The maximum absolute atomic E-state index is 12.3. The second kappa shape index (κ2) is 7.92. The molecule has 0 aliphatic rings. The summed E-state index contributed by atoms with van der Waals surface area (Å²) in [5.74, 6) is -0.187. The summed E-state index contributed by atoms with van der Waals surface area (Å²) in [5, 5.41) is 12.0. The van der Waals surface area contributed by atoms with E-state index in [-0.39, 0.29) is 12.5 Å². The van der Waals surface area contributed by atoms with Gasteiger partial charge in [-0.1, -0.05) is 78.9 Å². The number of benzene rings is 4. The van der Waals surface area contributed by atoms with E-state index in [9.17, 15) is 4.79 Å². The molecule has 4 heteroatoms. The second-order valence-electron chi connectivity index (χ2n) is 6.64. The average Bonchev–Trinajstić information content (AvgIpc) is 2.75. The number of nitrogens with zero attached hydrogens (tertiary/aromatic N) is 1. The molecule has 28 heavy (non-hydrogen) atoms. The average molecular weight is 367 g/mol. The van der Waals surface area contributed by atoms with Gasteiger partial charge in [0.1, 0.15) is 0 Å². The quantitative estimate of drug-likeness (QED) is 0.387. The van der Waals surface area contributed by atoms with Crippen LogP contribution in [0.15, 0.2) is 90.0 Å². The number of hydrogen-bond donors (Lipinski definition) is 2. The first-order valence-electron chi connectivity index (χ1n) is 9.25. The van der Waals surface area contributed by atoms with Gasteiger partial charge in [-0.2, -0.15) is 5.10 Å². The van der Waals surface area contributed by atoms with Crippen LogP contribution in [0.3, 0.4) is 0 Å². The van der Waals surface area contributed by atoms with Crippen LogP contribution in [-0.2, 0) is 4.79 Å². The van der Waals surface area contributed by atoms with Gasteiger partial charge in [0.05, 0.1) is 12.3 Å². The largest absolute Gasteiger partial charge is 0.376 e. The Morgan fingerprint density at radius 1 is 0.786 bits per heavy atom. The van der Waals surface area contributed by atoms with E-state index in [1.165, 1.54) is 0 Å². The summed E-state index contributed by atoms with van der Waals surface area (Å²) in [7, 11) is 0. The van der Waals surface area contributed by atoms with E-state index in [0.717, 1.165) is 38.5 Å². The maximum atomic E-state index is 12.3. The van der Waals surface area contributed by atoms with Gasteiger partial charge >= 0.3 is 0 Å². The zero-order valence-electron chi connectivity index (χ0n) is 15.6. The zero-order valence-corrected chi connectivity index (χ0v) is 15.6. The molecule has 0 saturated heterocycles. The molecule has 4 aromatic rings. The summed E-state index contributed by atoms with van der Waals surface area (Å²) in [4.78, 5) is 12.3. The highest BCUT2D eigenvalue weighted by Gasteiger charge is 2.06. The highest BCUT2D eigenvalue weighted by Crippen LogP contribution is 2.22. The van der Waals surface area contributed by atoms with Crippen LogP contribution in [0.4, 0.5) is 5.69 Å². The van der Waals surface area contributed by atoms with E-state index in [2.05, 4.69) is 46.2 Å². The van der Waals surface area contributed by atoms with Crippen LogP contribution < -0.4 is 10.7 Å². The molecule has 2 N–H and O–H groups in total. The molecule has 4 nitrogen and oxygen atoms in total. The third kappa shape index (κ3) is 3.71. The Hall–Kier alpha value is -3.66. The number of rotatable bonds is 5. The van der Waals surface area contributed by atoms with Gasteiger partial charge < -0.3 is 5.32 Å². The molecular formula is C24H21N3O. The number of carbonyl (C=O) groups excluding carboxylic acids is 1. The highest BCUT2D eigenvalue weighted by atomic mass is 16.2. The number of nitrogens with one attached hydrogen (secondary N) is 2. The molecule has 0 unspecified atom stereocenters. The van der Waals surface area contributed by atoms with Crippen molar-refractivity contribution in [1.29, 1.82) is 0 Å². The molecule has 1 amide bonds. The monoisotopic (exact) mass is 367 g/mol. The van der Waals surface area contributed by atoms with Crippen LogP contribution in [0.25, 0.3) is 21.5 Å². The molecule has 0 radical (unpaired) electrons. The fourth-order valence-corrected chi connectivity index (χ4v) is 3.34. The van der Waals surface area contributed by atoms with Crippen molar-refractivity contribution in [3.63, 3.8) is 0 Å². The van der Waals surface area contributed by atoms with Crippen LogP contribution in [0.2, 0.25) is 0 Å². The third-order valence-corrected chi connectivity index (χ3v) is 4.76. The Bertz CT molecular complexity index is 1170. The van der Waals surface area contributed by atoms with Gasteiger partial charge in [0.15, 0.2) is 0 Å². The minimum absolute atomic E-state index is 0.153. The molecule has 0 atom stereocenters. The van der Waals surface area contributed by atoms with Crippen LogP contribution in [-0.4, -0.2) is 18.2 Å². The van der Waals surface area contributed by atoms with Gasteiger partial charge in [0, 0.05) is 16.6 Å². The van der Waals surface area contributed by atoms with Crippen molar-refractivity contribution in [2.45, 2.75) is 6.92 Å². The minimum Gasteiger partial charge on any atom is -0.376 e. The smallest absolute Gasteiger partial charge is 0.259 e. The Morgan fingerprint density at radius 3 is 2.18 bits per heavy atom. The van der Waals surface area contributed by atoms with Gasteiger partial charge in [-0.15, -0.1) is 0 Å². The van der Waals surface area contributed by atoms with Gasteiger partial charge in [-0.05, 0) is 29.1 Å². The molecular weight excluding hydrogens is 346 g/mol. The lowest BCUT2D eigenvalue weighted by Crippen LogP contribution is -2.26. The Labute approximate surface area is 163 Å². The van der Waals surface area contributed by atoms with Gasteiger partial charge in [-0.3, -0.25) is 4.79 Å². The lowest BCUT2D eigenvalue weighted by molar-refractivity contribution is -0.119. The molecule has 138 valence electrons. The molecule has 0 fully saturated rings. The summed E-state index contributed by atoms with van der Waals surface area (Å²) in [6.45, 7) is 2.06. The number of amides is 1. The maximum Gasteiger partial charge on any atom is 0.259 e. The van der Waals surface area contributed by atoms with Crippen molar-refractivity contribution in [1.82, 2.24) is 5.43 Å². The van der Waals surface area contributed by atoms with Crippen LogP contribution in [0.5, 0.6) is 0 Å². The standard InChI is InChI=1S/C24H21N3O/c1-17(20-14-6-10-18-8-2-4-12-21(18)20)26-27-24(28)16-25-23-15-7-11-19-9-3-5-13-22(19)23/h2-15,25H,16H2,1H3,(H,27,28)/b26-17-. The molecule has 0 aromatic heterocycles. The lowest BCUT2D eigenvalue weighted by Gasteiger charge is -2.10. The molecule has 0 aliphatic carbocycles. The topological polar surface area (TPSA) is 53.5 Å². The molecule has 0 saturated carbocycles. The van der Waals surface area contributed by atoms with Gasteiger partial charge in [0.2, 0.25) is 0 Å². The number of hydrazone groups is 1. The Morgan fingerprint density at radius 2 is 1.39 bits per heavy atom. The highest BCUT2D eigenvalue weighted by molar-refractivity contribution is 6.10. The van der Waals surface area contributed by atoms with Crippen LogP contribution in [0.1, 0.15) is 12.5 Å². The van der Waals surface area contributed by atoms with E-state index >= 15 is 0 Å². The second-order valence-corrected chi connectivity index (χ2v) is 6.64. The predicted molar refractivity (Wildman–Crippen MR) is 117 cm³/mol. The lowest BCUT2D eigenvalue weighted by atomic mass is 10.0. The van der Waals surface area contributed by atoms with Crippen molar-refractivity contribution in [2.75, 3.05) is 11.9 Å².